The van der Waals surface area contributed by atoms with Gasteiger partial charge in [-0.1, -0.05) is 35.9 Å². The number of sulfone groups is 1. The fourth-order valence-corrected chi connectivity index (χ4v) is 6.57. The van der Waals surface area contributed by atoms with Crippen molar-refractivity contribution in [2.24, 2.45) is 0 Å². The highest BCUT2D eigenvalue weighted by Crippen LogP contribution is 2.39. The van der Waals surface area contributed by atoms with Gasteiger partial charge in [-0.25, -0.2) is 21.2 Å². The number of carbonyl (C=O) groups is 1. The lowest BCUT2D eigenvalue weighted by molar-refractivity contribution is -0.137. The van der Waals surface area contributed by atoms with Gasteiger partial charge in [0, 0.05) is 53.4 Å². The molecule has 7 nitrogen and oxygen atoms in total. The van der Waals surface area contributed by atoms with Crippen LogP contribution < -0.4 is 5.32 Å². The molecular formula is C25H27ClF4N2O5S2. The van der Waals surface area contributed by atoms with Crippen molar-refractivity contribution in [1.82, 2.24) is 9.62 Å². The second-order valence-electron chi connectivity index (χ2n) is 9.33. The average molecular weight is 611 g/mol. The van der Waals surface area contributed by atoms with Crippen molar-refractivity contribution in [3.63, 3.8) is 0 Å². The maximum Gasteiger partial charge on any atom is 0.416 e. The van der Waals surface area contributed by atoms with E-state index in [0.717, 1.165) is 22.0 Å². The summed E-state index contributed by atoms with van der Waals surface area (Å²) in [6.07, 6.45) is -3.46. The molecule has 14 heteroatoms. The number of alkyl halides is 4. The standard InChI is InChI=1S/C25H27ClF4N2O5S2/c1-17(10-15-38(2,34)35)31-23(33)24(27)11-5-13-32(14-12-24)39(36,37)22-9-8-18(25(28,29)30)16-20(22)19-6-3-4-7-21(19)26/h3-4,6-10,15-17H,5,11-14H2,1-2H3,(H,31,33)/b15-10-/t17-,24-/m1/s1. The van der Waals surface area contributed by atoms with Gasteiger partial charge in [0.05, 0.1) is 10.5 Å². The summed E-state index contributed by atoms with van der Waals surface area (Å²) in [6, 6.07) is 7.28. The summed E-state index contributed by atoms with van der Waals surface area (Å²) in [4.78, 5) is 12.3. The van der Waals surface area contributed by atoms with Gasteiger partial charge in [-0.3, -0.25) is 4.79 Å². The van der Waals surface area contributed by atoms with E-state index in [0.29, 0.717) is 12.1 Å². The van der Waals surface area contributed by atoms with E-state index in [1.165, 1.54) is 31.2 Å². The van der Waals surface area contributed by atoms with Gasteiger partial charge in [0.25, 0.3) is 5.91 Å². The van der Waals surface area contributed by atoms with Crippen molar-refractivity contribution in [1.29, 1.82) is 0 Å². The van der Waals surface area contributed by atoms with Crippen LogP contribution in [0.5, 0.6) is 0 Å². The summed E-state index contributed by atoms with van der Waals surface area (Å²) in [7, 11) is -7.89. The van der Waals surface area contributed by atoms with Gasteiger partial charge in [-0.15, -0.1) is 0 Å². The molecule has 1 heterocycles. The zero-order valence-electron chi connectivity index (χ0n) is 21.0. The van der Waals surface area contributed by atoms with Crippen LogP contribution >= 0.6 is 11.6 Å². The van der Waals surface area contributed by atoms with Crippen LogP contribution in [0.4, 0.5) is 17.6 Å². The highest BCUT2D eigenvalue weighted by Gasteiger charge is 2.43. The number of hydrogen-bond donors (Lipinski definition) is 1. The summed E-state index contributed by atoms with van der Waals surface area (Å²) >= 11 is 6.20. The highest BCUT2D eigenvalue weighted by molar-refractivity contribution is 7.93. The van der Waals surface area contributed by atoms with Gasteiger partial charge in [0.1, 0.15) is 0 Å². The third-order valence-electron chi connectivity index (χ3n) is 6.21. The Morgan fingerprint density at radius 3 is 2.36 bits per heavy atom. The zero-order valence-corrected chi connectivity index (χ0v) is 23.4. The van der Waals surface area contributed by atoms with Crippen LogP contribution in [0.3, 0.4) is 0 Å². The number of nitrogens with one attached hydrogen (secondary N) is 1. The first kappa shape index (κ1) is 31.1. The summed E-state index contributed by atoms with van der Waals surface area (Å²) in [5, 5.41) is 3.30. The molecule has 1 N–H and O–H groups in total. The second kappa shape index (κ2) is 11.6. The minimum Gasteiger partial charge on any atom is -0.347 e. The van der Waals surface area contributed by atoms with Crippen molar-refractivity contribution in [2.75, 3.05) is 19.3 Å². The Balaban J connectivity index is 1.91. The number of amides is 1. The summed E-state index contributed by atoms with van der Waals surface area (Å²) in [6.45, 7) is 0.869. The van der Waals surface area contributed by atoms with Crippen molar-refractivity contribution in [3.05, 3.63) is 64.5 Å². The van der Waals surface area contributed by atoms with Gasteiger partial charge in [-0.2, -0.15) is 17.5 Å². The molecule has 2 aromatic carbocycles. The van der Waals surface area contributed by atoms with Gasteiger partial charge in [-0.05, 0) is 44.0 Å². The molecule has 1 aliphatic rings. The summed E-state index contributed by atoms with van der Waals surface area (Å²) in [5.74, 6) is -1.02. The Bertz CT molecular complexity index is 1480. The number of hydrogen-bond acceptors (Lipinski definition) is 5. The molecule has 39 heavy (non-hydrogen) atoms. The Kier molecular flexibility index (Phi) is 9.20. The molecule has 0 aromatic heterocycles. The van der Waals surface area contributed by atoms with Crippen LogP contribution in [0.15, 0.2) is 58.8 Å². The van der Waals surface area contributed by atoms with Gasteiger partial charge >= 0.3 is 6.18 Å². The number of carbonyl (C=O) groups excluding carboxylic acids is 1. The molecule has 1 saturated heterocycles. The molecule has 0 unspecified atom stereocenters. The zero-order chi connectivity index (χ0) is 29.2. The Hall–Kier alpha value is -2.48. The quantitative estimate of drug-likeness (QED) is 0.446. The van der Waals surface area contributed by atoms with Gasteiger partial charge in [0.2, 0.25) is 10.0 Å². The van der Waals surface area contributed by atoms with Crippen molar-refractivity contribution in [2.45, 2.75) is 49.0 Å². The summed E-state index contributed by atoms with van der Waals surface area (Å²) in [5.41, 5.74) is -3.68. The van der Waals surface area contributed by atoms with Crippen molar-refractivity contribution >= 4 is 37.4 Å². The monoisotopic (exact) mass is 610 g/mol. The Labute approximate surface area is 229 Å². The average Bonchev–Trinajstić information content (AvgIpc) is 3.05. The molecule has 0 spiro atoms. The van der Waals surface area contributed by atoms with E-state index in [9.17, 15) is 34.8 Å². The van der Waals surface area contributed by atoms with Crippen LogP contribution in [0, 0.1) is 0 Å². The molecule has 1 fully saturated rings. The van der Waals surface area contributed by atoms with Crippen LogP contribution in [-0.4, -0.2) is 58.1 Å². The van der Waals surface area contributed by atoms with Crippen LogP contribution in [0.1, 0.15) is 31.7 Å². The lowest BCUT2D eigenvalue weighted by Gasteiger charge is -2.25. The number of nitrogens with zero attached hydrogens (tertiary/aromatic N) is 1. The molecule has 0 bridgehead atoms. The van der Waals surface area contributed by atoms with Crippen molar-refractivity contribution in [3.8, 4) is 11.1 Å². The molecule has 1 amide bonds. The van der Waals surface area contributed by atoms with E-state index < -0.39 is 67.1 Å². The fraction of sp³-hybridized carbons (Fsp3) is 0.400. The van der Waals surface area contributed by atoms with Gasteiger partial charge < -0.3 is 5.32 Å². The Morgan fingerprint density at radius 2 is 1.74 bits per heavy atom. The van der Waals surface area contributed by atoms with E-state index in [4.69, 9.17) is 11.6 Å². The highest BCUT2D eigenvalue weighted by atomic mass is 35.5. The first-order valence-corrected chi connectivity index (χ1v) is 15.6. The first-order valence-electron chi connectivity index (χ1n) is 11.8. The molecule has 2 aromatic rings. The van der Waals surface area contributed by atoms with E-state index in [1.54, 1.807) is 6.07 Å². The lowest BCUT2D eigenvalue weighted by Crippen LogP contribution is -2.47. The number of sulfonamides is 1. The van der Waals surface area contributed by atoms with Crippen LogP contribution in [0.25, 0.3) is 11.1 Å². The summed E-state index contributed by atoms with van der Waals surface area (Å²) < 4.78 is 107. The van der Waals surface area contributed by atoms with E-state index in [2.05, 4.69) is 5.32 Å². The Morgan fingerprint density at radius 1 is 1.08 bits per heavy atom. The second-order valence-corrected chi connectivity index (χ2v) is 13.6. The SMILES string of the molecule is C[C@H](/C=C\S(C)(=O)=O)NC(=O)[C@@]1(F)CCCN(S(=O)(=O)c2ccc(C(F)(F)F)cc2-c2ccccc2Cl)CC1. The molecule has 3 rings (SSSR count). The van der Waals surface area contributed by atoms with E-state index >= 15 is 4.39 Å². The van der Waals surface area contributed by atoms with E-state index in [-0.39, 0.29) is 35.5 Å². The third-order valence-corrected chi connectivity index (χ3v) is 9.14. The molecule has 0 saturated carbocycles. The van der Waals surface area contributed by atoms with Gasteiger partial charge in [0.15, 0.2) is 15.5 Å². The number of halogens is 5. The van der Waals surface area contributed by atoms with Crippen LogP contribution in [-0.2, 0) is 30.8 Å². The molecule has 2 atom stereocenters. The predicted octanol–water partition coefficient (Wildman–Crippen LogP) is 4.97. The maximum absolute atomic E-state index is 15.7. The third kappa shape index (κ3) is 7.59. The molecular weight excluding hydrogens is 584 g/mol. The number of rotatable bonds is 7. The minimum atomic E-state index is -4.74. The first-order chi connectivity index (χ1) is 17.9. The van der Waals surface area contributed by atoms with Crippen LogP contribution in [0.2, 0.25) is 5.02 Å². The predicted molar refractivity (Wildman–Crippen MR) is 140 cm³/mol. The molecule has 0 aliphatic carbocycles. The minimum absolute atomic E-state index is 0.0429. The lowest BCUT2D eigenvalue weighted by atomic mass is 9.95. The topological polar surface area (TPSA) is 101 Å². The maximum atomic E-state index is 15.7. The molecule has 1 aliphatic heterocycles. The fourth-order valence-electron chi connectivity index (χ4n) is 4.15. The van der Waals surface area contributed by atoms with E-state index in [1.807, 2.05) is 0 Å². The smallest absolute Gasteiger partial charge is 0.347 e. The molecule has 0 radical (unpaired) electrons. The number of benzene rings is 2. The normalized spacial score (nSPS) is 20.5. The van der Waals surface area contributed by atoms with Crippen molar-refractivity contribution < 1.29 is 39.2 Å². The molecule has 214 valence electrons. The largest absolute Gasteiger partial charge is 0.416 e.